The Kier molecular flexibility index (Phi) is 5.39. The molecule has 1 aromatic rings. The Morgan fingerprint density at radius 2 is 2.23 bits per heavy atom. The summed E-state index contributed by atoms with van der Waals surface area (Å²) in [6.07, 6.45) is 4.99. The molecule has 1 aliphatic heterocycles. The Labute approximate surface area is 144 Å². The van der Waals surface area contributed by atoms with Crippen molar-refractivity contribution in [3.8, 4) is 0 Å². The number of morpholine rings is 1. The molecule has 1 aliphatic carbocycles. The zero-order valence-electron chi connectivity index (χ0n) is 12.4. The largest absolute Gasteiger partial charge is 0.375 e. The summed E-state index contributed by atoms with van der Waals surface area (Å²) >= 11 is 9.51. The van der Waals surface area contributed by atoms with Crippen LogP contribution in [0.25, 0.3) is 0 Å². The lowest BCUT2D eigenvalue weighted by Gasteiger charge is -2.43. The fraction of sp³-hybridized carbons (Fsp3) is 0.562. The maximum absolute atomic E-state index is 12.3. The van der Waals surface area contributed by atoms with Crippen LogP contribution in [0, 0.1) is 0 Å². The number of halogens is 2. The van der Waals surface area contributed by atoms with Crippen LogP contribution in [0.4, 0.5) is 5.69 Å². The minimum atomic E-state index is -0.0181. The van der Waals surface area contributed by atoms with E-state index in [4.69, 9.17) is 16.3 Å². The van der Waals surface area contributed by atoms with E-state index >= 15 is 0 Å². The van der Waals surface area contributed by atoms with Gasteiger partial charge in [-0.2, -0.15) is 0 Å². The Hall–Kier alpha value is -0.620. The van der Waals surface area contributed by atoms with Gasteiger partial charge in [-0.05, 0) is 31.0 Å². The van der Waals surface area contributed by atoms with Gasteiger partial charge in [0.05, 0.1) is 30.0 Å². The number of rotatable bonds is 3. The van der Waals surface area contributed by atoms with E-state index < -0.39 is 0 Å². The number of hydrogen-bond donors (Lipinski definition) is 1. The van der Waals surface area contributed by atoms with E-state index in [9.17, 15) is 4.79 Å². The lowest BCUT2D eigenvalue weighted by atomic mass is 9.90. The van der Waals surface area contributed by atoms with Gasteiger partial charge in [0.1, 0.15) is 0 Å². The lowest BCUT2D eigenvalue weighted by molar-refractivity contribution is -0.124. The van der Waals surface area contributed by atoms with E-state index in [0.29, 0.717) is 36.0 Å². The molecule has 0 bridgehead atoms. The van der Waals surface area contributed by atoms with Crippen LogP contribution >= 0.6 is 27.5 Å². The van der Waals surface area contributed by atoms with E-state index in [-0.39, 0.29) is 5.91 Å². The highest BCUT2D eigenvalue weighted by atomic mass is 79.9. The monoisotopic (exact) mass is 386 g/mol. The number of amides is 1. The molecule has 1 amide bonds. The third-order valence-electron chi connectivity index (χ3n) is 4.40. The van der Waals surface area contributed by atoms with Gasteiger partial charge >= 0.3 is 0 Å². The summed E-state index contributed by atoms with van der Waals surface area (Å²) in [6.45, 7) is 1.94. The Morgan fingerprint density at radius 1 is 1.41 bits per heavy atom. The molecule has 22 heavy (non-hydrogen) atoms. The van der Waals surface area contributed by atoms with Crippen LogP contribution in [-0.4, -0.2) is 42.6 Å². The van der Waals surface area contributed by atoms with Crippen molar-refractivity contribution in [3.63, 3.8) is 0 Å². The van der Waals surface area contributed by atoms with Crippen molar-refractivity contribution in [3.05, 3.63) is 27.7 Å². The molecule has 1 aromatic carbocycles. The zero-order valence-corrected chi connectivity index (χ0v) is 14.7. The third kappa shape index (κ3) is 3.82. The van der Waals surface area contributed by atoms with Gasteiger partial charge in [0.2, 0.25) is 5.91 Å². The van der Waals surface area contributed by atoms with Gasteiger partial charge in [0.25, 0.3) is 0 Å². The normalized spacial score (nSPS) is 25.5. The number of nitrogens with one attached hydrogen (secondary N) is 1. The molecular formula is C16H20BrClN2O2. The van der Waals surface area contributed by atoms with Crippen LogP contribution in [0.3, 0.4) is 0 Å². The number of carbonyl (C=O) groups excluding carboxylic acids is 1. The first-order valence-corrected chi connectivity index (χ1v) is 8.91. The highest BCUT2D eigenvalue weighted by molar-refractivity contribution is 9.10. The molecule has 120 valence electrons. The maximum atomic E-state index is 12.3. The summed E-state index contributed by atoms with van der Waals surface area (Å²) in [4.78, 5) is 14.6. The summed E-state index contributed by atoms with van der Waals surface area (Å²) in [6, 6.07) is 5.84. The summed E-state index contributed by atoms with van der Waals surface area (Å²) in [5.41, 5.74) is 0.656. The number of anilines is 1. The SMILES string of the molecule is O=C(CN1CCOC2CCCCC21)Nc1ccc(Br)cc1Cl. The van der Waals surface area contributed by atoms with Crippen molar-refractivity contribution in [2.75, 3.05) is 25.0 Å². The lowest BCUT2D eigenvalue weighted by Crippen LogP contribution is -2.54. The van der Waals surface area contributed by atoms with E-state index in [1.54, 1.807) is 6.07 Å². The number of hydrogen-bond acceptors (Lipinski definition) is 3. The molecule has 1 saturated heterocycles. The molecule has 1 saturated carbocycles. The molecule has 6 heteroatoms. The van der Waals surface area contributed by atoms with Crippen molar-refractivity contribution in [1.29, 1.82) is 0 Å². The predicted molar refractivity (Wildman–Crippen MR) is 91.4 cm³/mol. The van der Waals surface area contributed by atoms with Crippen molar-refractivity contribution >= 4 is 39.1 Å². The zero-order chi connectivity index (χ0) is 15.5. The quantitative estimate of drug-likeness (QED) is 0.860. The highest BCUT2D eigenvalue weighted by Crippen LogP contribution is 2.29. The summed E-state index contributed by atoms with van der Waals surface area (Å²) in [5, 5.41) is 3.45. The number of nitrogens with zero attached hydrogens (tertiary/aromatic N) is 1. The van der Waals surface area contributed by atoms with E-state index in [1.165, 1.54) is 12.8 Å². The van der Waals surface area contributed by atoms with E-state index in [0.717, 1.165) is 23.9 Å². The summed E-state index contributed by atoms with van der Waals surface area (Å²) in [7, 11) is 0. The van der Waals surface area contributed by atoms with E-state index in [1.807, 2.05) is 12.1 Å². The predicted octanol–water partition coefficient (Wildman–Crippen LogP) is 3.68. The third-order valence-corrected chi connectivity index (χ3v) is 5.21. The van der Waals surface area contributed by atoms with Gasteiger partial charge in [0, 0.05) is 17.1 Å². The fourth-order valence-electron chi connectivity index (χ4n) is 3.34. The molecule has 2 aliphatic rings. The molecule has 3 rings (SSSR count). The van der Waals surface area contributed by atoms with Crippen LogP contribution in [0.2, 0.25) is 5.02 Å². The molecule has 2 atom stereocenters. The molecular weight excluding hydrogens is 368 g/mol. The van der Waals surface area contributed by atoms with Crippen molar-refractivity contribution in [1.82, 2.24) is 4.90 Å². The van der Waals surface area contributed by atoms with Crippen LogP contribution in [0.1, 0.15) is 25.7 Å². The van der Waals surface area contributed by atoms with Crippen LogP contribution < -0.4 is 5.32 Å². The van der Waals surface area contributed by atoms with E-state index in [2.05, 4.69) is 26.1 Å². The molecule has 1 heterocycles. The first-order chi connectivity index (χ1) is 10.6. The van der Waals surface area contributed by atoms with Gasteiger partial charge in [-0.1, -0.05) is 40.4 Å². The first-order valence-electron chi connectivity index (χ1n) is 7.74. The van der Waals surface area contributed by atoms with Crippen LogP contribution in [-0.2, 0) is 9.53 Å². The second-order valence-electron chi connectivity index (χ2n) is 5.90. The minimum Gasteiger partial charge on any atom is -0.375 e. The summed E-state index contributed by atoms with van der Waals surface area (Å²) < 4.78 is 6.74. The topological polar surface area (TPSA) is 41.6 Å². The smallest absolute Gasteiger partial charge is 0.238 e. The Balaban J connectivity index is 1.61. The average Bonchev–Trinajstić information content (AvgIpc) is 2.50. The molecule has 2 unspecified atom stereocenters. The fourth-order valence-corrected chi connectivity index (χ4v) is 4.06. The minimum absolute atomic E-state index is 0.0181. The first kappa shape index (κ1) is 16.2. The number of carbonyl (C=O) groups is 1. The second-order valence-corrected chi connectivity index (χ2v) is 7.23. The Morgan fingerprint density at radius 3 is 3.05 bits per heavy atom. The van der Waals surface area contributed by atoms with Gasteiger partial charge in [-0.25, -0.2) is 0 Å². The number of benzene rings is 1. The van der Waals surface area contributed by atoms with Crippen LogP contribution in [0.5, 0.6) is 0 Å². The van der Waals surface area contributed by atoms with Gasteiger partial charge in [-0.3, -0.25) is 9.69 Å². The van der Waals surface area contributed by atoms with Gasteiger partial charge in [0.15, 0.2) is 0 Å². The van der Waals surface area contributed by atoms with Gasteiger partial charge < -0.3 is 10.1 Å². The molecule has 2 fully saturated rings. The van der Waals surface area contributed by atoms with Gasteiger partial charge in [-0.15, -0.1) is 0 Å². The van der Waals surface area contributed by atoms with Crippen molar-refractivity contribution in [2.45, 2.75) is 37.8 Å². The molecule has 0 radical (unpaired) electrons. The molecule has 4 nitrogen and oxygen atoms in total. The standard InChI is InChI=1S/C16H20BrClN2O2/c17-11-5-6-13(12(18)9-11)19-16(21)10-20-7-8-22-15-4-2-1-3-14(15)20/h5-6,9,14-15H,1-4,7-8,10H2,(H,19,21). The average molecular weight is 388 g/mol. The number of ether oxygens (including phenoxy) is 1. The van der Waals surface area contributed by atoms with Crippen molar-refractivity contribution < 1.29 is 9.53 Å². The van der Waals surface area contributed by atoms with Crippen LogP contribution in [0.15, 0.2) is 22.7 Å². The number of fused-ring (bicyclic) bond motifs is 1. The highest BCUT2D eigenvalue weighted by Gasteiger charge is 2.34. The second kappa shape index (κ2) is 7.30. The molecule has 0 spiro atoms. The Bertz CT molecular complexity index is 553. The molecule has 0 aromatic heterocycles. The summed E-state index contributed by atoms with van der Waals surface area (Å²) in [5.74, 6) is -0.0181. The maximum Gasteiger partial charge on any atom is 0.238 e. The molecule has 1 N–H and O–H groups in total. The van der Waals surface area contributed by atoms with Crippen molar-refractivity contribution in [2.24, 2.45) is 0 Å².